The number of sulfonamides is 1. The Balaban J connectivity index is 0.00000523. The molecule has 3 heterocycles. The molecule has 2 aliphatic heterocycles. The van der Waals surface area contributed by atoms with E-state index in [1.807, 2.05) is 7.05 Å². The lowest BCUT2D eigenvalue weighted by atomic mass is 10.0. The van der Waals surface area contributed by atoms with E-state index in [4.69, 9.17) is 37.4 Å². The van der Waals surface area contributed by atoms with E-state index in [0.29, 0.717) is 48.7 Å². The number of nitrogens with one attached hydrogen (secondary N) is 1. The number of benzene rings is 2. The highest BCUT2D eigenvalue weighted by Crippen LogP contribution is 2.38. The molecule has 6 rings (SSSR count). The molecule has 12 nitrogen and oxygen atoms in total. The average Bonchev–Trinajstić information content (AvgIpc) is 3.80. The number of pyridine rings is 1. The third kappa shape index (κ3) is 9.30. The number of alkyl halides is 2. The smallest absolute Gasteiger partial charge is 0.387 e. The van der Waals surface area contributed by atoms with Crippen LogP contribution in [0.2, 0.25) is 10.0 Å². The van der Waals surface area contributed by atoms with Gasteiger partial charge in [0.2, 0.25) is 10.0 Å². The summed E-state index contributed by atoms with van der Waals surface area (Å²) in [6.45, 7) is -0.0316. The topological polar surface area (TPSA) is 151 Å². The van der Waals surface area contributed by atoms with E-state index in [0.717, 1.165) is 30.2 Å². The van der Waals surface area contributed by atoms with Crippen molar-refractivity contribution in [2.24, 2.45) is 5.92 Å². The van der Waals surface area contributed by atoms with Crippen LogP contribution in [-0.2, 0) is 26.0 Å². The number of halogens is 4. The summed E-state index contributed by atoms with van der Waals surface area (Å²) in [5.41, 5.74) is 1.20. The van der Waals surface area contributed by atoms with Crippen LogP contribution in [-0.4, -0.2) is 98.9 Å². The number of aromatic nitrogens is 1. The summed E-state index contributed by atoms with van der Waals surface area (Å²) in [7, 11) is -2.18. The Labute approximate surface area is 310 Å². The number of hydrogen-bond acceptors (Lipinski definition) is 8. The monoisotopic (exact) mass is 785 g/mol. The van der Waals surface area contributed by atoms with Crippen LogP contribution in [0.15, 0.2) is 59.8 Å². The van der Waals surface area contributed by atoms with E-state index >= 15 is 0 Å². The Kier molecular flexibility index (Phi) is 13.0. The highest BCUT2D eigenvalue weighted by Gasteiger charge is 2.41. The van der Waals surface area contributed by atoms with E-state index in [2.05, 4.69) is 9.88 Å². The van der Waals surface area contributed by atoms with Crippen LogP contribution < -0.4 is 14.5 Å². The number of nitrogens with zero attached hydrogens (tertiary/aromatic N) is 3. The number of H-pyrrole nitrogens is 1. The molecular weight excluding hydrogens is 745 g/mol. The van der Waals surface area contributed by atoms with Crippen LogP contribution >= 0.6 is 23.2 Å². The Morgan fingerprint density at radius 1 is 0.942 bits per heavy atom. The van der Waals surface area contributed by atoms with Crippen LogP contribution in [0.3, 0.4) is 0 Å². The molecule has 3 fully saturated rings. The Morgan fingerprint density at radius 2 is 1.62 bits per heavy atom. The minimum Gasteiger partial charge on any atom is -0.489 e. The molecule has 0 spiro atoms. The summed E-state index contributed by atoms with van der Waals surface area (Å²) in [5, 5.41) is 0.539. The standard InChI is InChI=1S/C35H38Cl2F2N4O7S.H2O/c1-41-13-15-42(16-14-41)33(44)23-6-9-25(10-7-23)51(46,47)43-12-2-3-29(43)34(45)49-31(18-26-27(36)19-40-20-28(26)37)24-8-11-30(50-35(38)39)32(17-24)48-21-22-4-5-22;/h6-11,17,19-20,22,29,31,35H,2-5,12-16,18,21H2,1H3;1H2/p+1/t29?,31-;/m0./s1. The minimum absolute atomic E-state index is 0. The summed E-state index contributed by atoms with van der Waals surface area (Å²) >= 11 is 12.9. The van der Waals surface area contributed by atoms with Crippen LogP contribution in [0.5, 0.6) is 11.5 Å². The fourth-order valence-corrected chi connectivity index (χ4v) is 8.37. The van der Waals surface area contributed by atoms with Gasteiger partial charge >= 0.3 is 12.6 Å². The van der Waals surface area contributed by atoms with Gasteiger partial charge in [0.1, 0.15) is 22.2 Å². The second-order valence-corrected chi connectivity index (χ2v) is 15.7. The van der Waals surface area contributed by atoms with Crippen molar-refractivity contribution in [3.63, 3.8) is 0 Å². The first-order valence-corrected chi connectivity index (χ1v) is 19.0. The number of ether oxygens (including phenoxy) is 3. The number of rotatable bonds is 13. The Morgan fingerprint density at radius 3 is 2.25 bits per heavy atom. The van der Waals surface area contributed by atoms with E-state index < -0.39 is 34.7 Å². The first-order chi connectivity index (χ1) is 24.4. The second kappa shape index (κ2) is 17.0. The largest absolute Gasteiger partial charge is 0.489 e. The summed E-state index contributed by atoms with van der Waals surface area (Å²) in [6.07, 6.45) is 4.50. The van der Waals surface area contributed by atoms with Crippen molar-refractivity contribution in [2.75, 3.05) is 46.4 Å². The molecule has 2 aromatic carbocycles. The molecule has 1 saturated carbocycles. The fourth-order valence-electron chi connectivity index (χ4n) is 6.19. The molecule has 1 amide bonds. The minimum atomic E-state index is -4.17. The van der Waals surface area contributed by atoms with Gasteiger partial charge in [0.15, 0.2) is 23.9 Å². The van der Waals surface area contributed by atoms with Crippen LogP contribution in [0, 0.1) is 5.92 Å². The first kappa shape index (κ1) is 39.6. The third-order valence-electron chi connectivity index (χ3n) is 9.35. The van der Waals surface area contributed by atoms with Gasteiger partial charge in [0.05, 0.1) is 11.5 Å². The number of carbonyl (C=O) groups excluding carboxylic acids is 2. The van der Waals surface area contributed by atoms with Gasteiger partial charge in [-0.1, -0.05) is 29.3 Å². The van der Waals surface area contributed by atoms with Gasteiger partial charge < -0.3 is 29.5 Å². The molecule has 0 bridgehead atoms. The molecule has 1 unspecified atom stereocenters. The number of likely N-dealkylation sites (N-methyl/N-ethyl adjacent to an activating group) is 1. The van der Waals surface area contributed by atoms with Gasteiger partial charge in [-0.25, -0.2) is 13.4 Å². The quantitative estimate of drug-likeness (QED) is 0.231. The zero-order chi connectivity index (χ0) is 36.3. The van der Waals surface area contributed by atoms with Crippen LogP contribution in [0.4, 0.5) is 8.78 Å². The van der Waals surface area contributed by atoms with Gasteiger partial charge in [-0.2, -0.15) is 13.1 Å². The average molecular weight is 787 g/mol. The van der Waals surface area contributed by atoms with Crippen molar-refractivity contribution >= 4 is 45.1 Å². The predicted molar refractivity (Wildman–Crippen MR) is 187 cm³/mol. The SMILES string of the molecule is CN1CCN(C(=O)c2ccc(S(=O)(=O)N3CCCC3C(=O)O[C@@H](Cc3c(Cl)c[nH+]cc3Cl)c3ccc(OC(F)F)c(OCC4CC4)c3)cc2)CC1.O. The number of hydrogen-bond donors (Lipinski definition) is 0. The van der Waals surface area contributed by atoms with Crippen molar-refractivity contribution in [2.45, 2.75) is 55.8 Å². The number of piperazine rings is 1. The van der Waals surface area contributed by atoms with Gasteiger partial charge in [-0.05, 0) is 80.6 Å². The lowest BCUT2D eigenvalue weighted by Gasteiger charge is -2.32. The molecule has 2 atom stereocenters. The van der Waals surface area contributed by atoms with Gasteiger partial charge in [-0.3, -0.25) is 9.59 Å². The van der Waals surface area contributed by atoms with Gasteiger partial charge in [0, 0.05) is 50.3 Å². The maximum absolute atomic E-state index is 13.9. The molecule has 52 heavy (non-hydrogen) atoms. The number of amides is 1. The van der Waals surface area contributed by atoms with Crippen molar-refractivity contribution in [3.8, 4) is 11.5 Å². The molecule has 17 heteroatoms. The summed E-state index contributed by atoms with van der Waals surface area (Å²) in [6, 6.07) is 8.86. The molecule has 282 valence electrons. The highest BCUT2D eigenvalue weighted by atomic mass is 35.5. The highest BCUT2D eigenvalue weighted by molar-refractivity contribution is 7.89. The molecule has 3 N–H and O–H groups in total. The molecule has 2 saturated heterocycles. The fraction of sp³-hybridized carbons (Fsp3) is 0.457. The van der Waals surface area contributed by atoms with Crippen molar-refractivity contribution in [1.29, 1.82) is 0 Å². The predicted octanol–water partition coefficient (Wildman–Crippen LogP) is 4.44. The third-order valence-corrected chi connectivity index (χ3v) is 11.9. The molecule has 1 aromatic heterocycles. The van der Waals surface area contributed by atoms with Crippen LogP contribution in [0.25, 0.3) is 0 Å². The zero-order valence-corrected chi connectivity index (χ0v) is 30.7. The zero-order valence-electron chi connectivity index (χ0n) is 28.4. The summed E-state index contributed by atoms with van der Waals surface area (Å²) in [5.74, 6) is -0.782. The molecule has 3 aliphatic rings. The van der Waals surface area contributed by atoms with E-state index in [1.165, 1.54) is 54.9 Å². The Bertz CT molecular complexity index is 1820. The van der Waals surface area contributed by atoms with Crippen molar-refractivity contribution in [1.82, 2.24) is 14.1 Å². The van der Waals surface area contributed by atoms with Gasteiger partial charge in [0.25, 0.3) is 5.91 Å². The number of esters is 1. The lowest BCUT2D eigenvalue weighted by Crippen LogP contribution is -2.47. The molecular formula is C35H41Cl2F2N4O8S+. The maximum atomic E-state index is 13.9. The van der Waals surface area contributed by atoms with E-state index in [1.54, 1.807) is 4.90 Å². The van der Waals surface area contributed by atoms with Gasteiger partial charge in [-0.15, -0.1) is 0 Å². The lowest BCUT2D eigenvalue weighted by molar-refractivity contribution is -0.377. The number of aromatic amines is 1. The van der Waals surface area contributed by atoms with Crippen LogP contribution in [0.1, 0.15) is 53.3 Å². The normalized spacial score (nSPS) is 18.9. The van der Waals surface area contributed by atoms with Crippen molar-refractivity contribution in [3.05, 3.63) is 81.6 Å². The Hall–Kier alpha value is -3.60. The van der Waals surface area contributed by atoms with E-state index in [-0.39, 0.29) is 57.2 Å². The van der Waals surface area contributed by atoms with Crippen molar-refractivity contribution < 1.29 is 51.5 Å². The molecule has 1 aliphatic carbocycles. The number of carbonyl (C=O) groups is 2. The molecule has 0 radical (unpaired) electrons. The summed E-state index contributed by atoms with van der Waals surface area (Å²) < 4.78 is 72.0. The summed E-state index contributed by atoms with van der Waals surface area (Å²) in [4.78, 5) is 33.6. The first-order valence-electron chi connectivity index (χ1n) is 16.8. The van der Waals surface area contributed by atoms with E-state index in [9.17, 15) is 26.8 Å². The molecule has 3 aromatic rings. The second-order valence-electron chi connectivity index (χ2n) is 13.0. The maximum Gasteiger partial charge on any atom is 0.387 e.